The molecule has 1 fully saturated rings. The van der Waals surface area contributed by atoms with Crippen molar-refractivity contribution in [2.24, 2.45) is 11.8 Å². The summed E-state index contributed by atoms with van der Waals surface area (Å²) in [6.45, 7) is 4.85. The molecule has 0 saturated heterocycles. The minimum absolute atomic E-state index is 0.0164. The number of hydrogen-bond donors (Lipinski definition) is 2. The first-order valence-corrected chi connectivity index (χ1v) is 6.30. The number of hydrogen-bond acceptors (Lipinski definition) is 2. The maximum absolute atomic E-state index is 11.5. The van der Waals surface area contributed by atoms with Crippen LogP contribution < -0.4 is 10.6 Å². The SMILES string of the molecule is CC(C)C(=O)Nc1ccc(NCC2CC2)cc1. The zero-order valence-corrected chi connectivity index (χ0v) is 10.5. The highest BCUT2D eigenvalue weighted by Gasteiger charge is 2.20. The van der Waals surface area contributed by atoms with Crippen LogP contribution in [0.3, 0.4) is 0 Å². The lowest BCUT2D eigenvalue weighted by atomic mass is 10.2. The second kappa shape index (κ2) is 5.21. The summed E-state index contributed by atoms with van der Waals surface area (Å²) in [5, 5.41) is 6.28. The molecule has 0 radical (unpaired) electrons. The fourth-order valence-corrected chi connectivity index (χ4v) is 1.54. The molecule has 17 heavy (non-hydrogen) atoms. The lowest BCUT2D eigenvalue weighted by Gasteiger charge is -2.09. The smallest absolute Gasteiger partial charge is 0.226 e. The molecule has 1 saturated carbocycles. The van der Waals surface area contributed by atoms with Crippen LogP contribution in [0.5, 0.6) is 0 Å². The highest BCUT2D eigenvalue weighted by molar-refractivity contribution is 5.92. The summed E-state index contributed by atoms with van der Waals surface area (Å²) in [4.78, 5) is 11.5. The van der Waals surface area contributed by atoms with Crippen LogP contribution in [-0.4, -0.2) is 12.5 Å². The summed E-state index contributed by atoms with van der Waals surface area (Å²) in [6.07, 6.45) is 2.71. The van der Waals surface area contributed by atoms with Gasteiger partial charge in [-0.05, 0) is 43.0 Å². The van der Waals surface area contributed by atoms with E-state index in [9.17, 15) is 4.79 Å². The van der Waals surface area contributed by atoms with E-state index in [-0.39, 0.29) is 11.8 Å². The molecule has 1 aromatic rings. The first-order chi connectivity index (χ1) is 8.15. The Hall–Kier alpha value is -1.51. The van der Waals surface area contributed by atoms with Crippen LogP contribution in [-0.2, 0) is 4.79 Å². The molecule has 0 unspecified atom stereocenters. The van der Waals surface area contributed by atoms with Gasteiger partial charge in [0.2, 0.25) is 5.91 Å². The van der Waals surface area contributed by atoms with Crippen molar-refractivity contribution in [2.75, 3.05) is 17.2 Å². The van der Waals surface area contributed by atoms with Gasteiger partial charge in [-0.1, -0.05) is 13.8 Å². The summed E-state index contributed by atoms with van der Waals surface area (Å²) in [7, 11) is 0. The monoisotopic (exact) mass is 232 g/mol. The number of benzene rings is 1. The molecular weight excluding hydrogens is 212 g/mol. The third-order valence-electron chi connectivity index (χ3n) is 2.97. The van der Waals surface area contributed by atoms with E-state index in [1.54, 1.807) is 0 Å². The van der Waals surface area contributed by atoms with E-state index >= 15 is 0 Å². The predicted octanol–water partition coefficient (Wildman–Crippen LogP) is 3.10. The summed E-state index contributed by atoms with van der Waals surface area (Å²) in [5.74, 6) is 0.946. The number of rotatable bonds is 5. The van der Waals surface area contributed by atoms with Crippen LogP contribution in [0, 0.1) is 11.8 Å². The van der Waals surface area contributed by atoms with E-state index in [4.69, 9.17) is 0 Å². The van der Waals surface area contributed by atoms with Crippen molar-refractivity contribution in [1.82, 2.24) is 0 Å². The van der Waals surface area contributed by atoms with Gasteiger partial charge in [0, 0.05) is 23.8 Å². The Morgan fingerprint density at radius 2 is 1.82 bits per heavy atom. The zero-order valence-electron chi connectivity index (χ0n) is 10.5. The molecule has 0 atom stereocenters. The average molecular weight is 232 g/mol. The van der Waals surface area contributed by atoms with Gasteiger partial charge in [-0.2, -0.15) is 0 Å². The van der Waals surface area contributed by atoms with Crippen LogP contribution in [0.1, 0.15) is 26.7 Å². The van der Waals surface area contributed by atoms with Gasteiger partial charge in [0.15, 0.2) is 0 Å². The highest BCUT2D eigenvalue weighted by atomic mass is 16.1. The molecular formula is C14H20N2O. The van der Waals surface area contributed by atoms with Gasteiger partial charge >= 0.3 is 0 Å². The van der Waals surface area contributed by atoms with Crippen LogP contribution in [0.4, 0.5) is 11.4 Å². The first-order valence-electron chi connectivity index (χ1n) is 6.30. The molecule has 3 nitrogen and oxygen atoms in total. The summed E-state index contributed by atoms with van der Waals surface area (Å²) in [6, 6.07) is 7.90. The Bertz CT molecular complexity index is 380. The standard InChI is InChI=1S/C14H20N2O/c1-10(2)14(17)16-13-7-5-12(6-8-13)15-9-11-3-4-11/h5-8,10-11,15H,3-4,9H2,1-2H3,(H,16,17). The molecule has 0 spiro atoms. The fourth-order valence-electron chi connectivity index (χ4n) is 1.54. The second-order valence-corrected chi connectivity index (χ2v) is 5.05. The molecule has 0 heterocycles. The number of carbonyl (C=O) groups is 1. The Labute approximate surface area is 103 Å². The maximum atomic E-state index is 11.5. The van der Waals surface area contributed by atoms with Gasteiger partial charge in [0.25, 0.3) is 0 Å². The van der Waals surface area contributed by atoms with Crippen molar-refractivity contribution in [2.45, 2.75) is 26.7 Å². The Balaban J connectivity index is 1.85. The molecule has 0 aromatic heterocycles. The largest absolute Gasteiger partial charge is 0.385 e. The van der Waals surface area contributed by atoms with Gasteiger partial charge in [-0.25, -0.2) is 0 Å². The van der Waals surface area contributed by atoms with Crippen molar-refractivity contribution in [3.8, 4) is 0 Å². The third kappa shape index (κ3) is 3.77. The first kappa shape index (κ1) is 12.0. The topological polar surface area (TPSA) is 41.1 Å². The maximum Gasteiger partial charge on any atom is 0.226 e. The second-order valence-electron chi connectivity index (χ2n) is 5.05. The molecule has 2 rings (SSSR count). The van der Waals surface area contributed by atoms with Crippen molar-refractivity contribution < 1.29 is 4.79 Å². The minimum Gasteiger partial charge on any atom is -0.385 e. The molecule has 2 N–H and O–H groups in total. The minimum atomic E-state index is 0.0164. The Morgan fingerprint density at radius 1 is 1.24 bits per heavy atom. The zero-order chi connectivity index (χ0) is 12.3. The molecule has 1 aliphatic rings. The average Bonchev–Trinajstić information content (AvgIpc) is 3.12. The van der Waals surface area contributed by atoms with Crippen LogP contribution in [0.2, 0.25) is 0 Å². The van der Waals surface area contributed by atoms with Crippen LogP contribution in [0.25, 0.3) is 0 Å². The lowest BCUT2D eigenvalue weighted by Crippen LogP contribution is -2.17. The van der Waals surface area contributed by atoms with Gasteiger partial charge in [0.05, 0.1) is 0 Å². The third-order valence-corrected chi connectivity index (χ3v) is 2.97. The highest BCUT2D eigenvalue weighted by Crippen LogP contribution is 2.29. The van der Waals surface area contributed by atoms with E-state index in [2.05, 4.69) is 10.6 Å². The van der Waals surface area contributed by atoms with E-state index in [0.717, 1.165) is 23.8 Å². The van der Waals surface area contributed by atoms with Gasteiger partial charge < -0.3 is 10.6 Å². The predicted molar refractivity (Wildman–Crippen MR) is 71.1 cm³/mol. The molecule has 0 bridgehead atoms. The van der Waals surface area contributed by atoms with Crippen LogP contribution in [0.15, 0.2) is 24.3 Å². The molecule has 1 amide bonds. The van der Waals surface area contributed by atoms with E-state index in [1.807, 2.05) is 38.1 Å². The van der Waals surface area contributed by atoms with Crippen molar-refractivity contribution in [3.63, 3.8) is 0 Å². The molecule has 1 aliphatic carbocycles. The number of nitrogens with one attached hydrogen (secondary N) is 2. The number of carbonyl (C=O) groups excluding carboxylic acids is 1. The summed E-state index contributed by atoms with van der Waals surface area (Å²) >= 11 is 0. The van der Waals surface area contributed by atoms with E-state index < -0.39 is 0 Å². The lowest BCUT2D eigenvalue weighted by molar-refractivity contribution is -0.118. The van der Waals surface area contributed by atoms with Gasteiger partial charge in [-0.15, -0.1) is 0 Å². The molecule has 92 valence electrons. The quantitative estimate of drug-likeness (QED) is 0.819. The Kier molecular flexibility index (Phi) is 3.67. The Morgan fingerprint density at radius 3 is 2.35 bits per heavy atom. The van der Waals surface area contributed by atoms with Crippen molar-refractivity contribution in [1.29, 1.82) is 0 Å². The molecule has 1 aromatic carbocycles. The fraction of sp³-hybridized carbons (Fsp3) is 0.500. The molecule has 0 aliphatic heterocycles. The van der Waals surface area contributed by atoms with Gasteiger partial charge in [-0.3, -0.25) is 4.79 Å². The van der Waals surface area contributed by atoms with Crippen molar-refractivity contribution in [3.05, 3.63) is 24.3 Å². The normalized spacial score (nSPS) is 14.8. The molecule has 3 heteroatoms. The van der Waals surface area contributed by atoms with Crippen molar-refractivity contribution >= 4 is 17.3 Å². The number of anilines is 2. The van der Waals surface area contributed by atoms with E-state index in [0.29, 0.717) is 0 Å². The summed E-state index contributed by atoms with van der Waals surface area (Å²) in [5.41, 5.74) is 1.99. The number of amides is 1. The van der Waals surface area contributed by atoms with E-state index in [1.165, 1.54) is 12.8 Å². The van der Waals surface area contributed by atoms with Crippen LogP contribution >= 0.6 is 0 Å². The van der Waals surface area contributed by atoms with Gasteiger partial charge in [0.1, 0.15) is 0 Å². The summed E-state index contributed by atoms with van der Waals surface area (Å²) < 4.78 is 0.